The topological polar surface area (TPSA) is 186 Å². The number of carbonyl (C=O) groups is 4. The van der Waals surface area contributed by atoms with Gasteiger partial charge in [-0.2, -0.15) is 0 Å². The van der Waals surface area contributed by atoms with Crippen LogP contribution in [0.1, 0.15) is 95.3 Å². The summed E-state index contributed by atoms with van der Waals surface area (Å²) in [6.45, 7) is 2.09. The molecule has 5 aliphatic rings. The fraction of sp³-hybridized carbons (Fsp3) is 0.523. The van der Waals surface area contributed by atoms with Crippen molar-refractivity contribution in [2.75, 3.05) is 6.54 Å². The summed E-state index contributed by atoms with van der Waals surface area (Å²) in [5.74, 6) is -1.88. The molecular weight excluding hydrogens is 807 g/mol. The second kappa shape index (κ2) is 16.5. The maximum absolute atomic E-state index is 14.8. The highest BCUT2D eigenvalue weighted by atomic mass is 32.2. The summed E-state index contributed by atoms with van der Waals surface area (Å²) >= 11 is 1.64. The average Bonchev–Trinajstić information content (AvgIpc) is 3.88. The molecule has 1 saturated heterocycles. The maximum Gasteiger partial charge on any atom is 0.408 e. The van der Waals surface area contributed by atoms with Crippen molar-refractivity contribution in [3.05, 3.63) is 59.5 Å². The van der Waals surface area contributed by atoms with Crippen LogP contribution in [0.3, 0.4) is 0 Å². The van der Waals surface area contributed by atoms with E-state index in [0.29, 0.717) is 60.2 Å². The minimum Gasteiger partial charge on any atom is -0.484 e. The van der Waals surface area contributed by atoms with Crippen LogP contribution < -0.4 is 20.1 Å². The number of nitrogens with zero attached hydrogens (tertiary/aromatic N) is 2. The molecule has 3 aromatic heterocycles. The van der Waals surface area contributed by atoms with Gasteiger partial charge in [-0.3, -0.25) is 19.1 Å². The highest BCUT2D eigenvalue weighted by Gasteiger charge is 2.62. The van der Waals surface area contributed by atoms with Crippen molar-refractivity contribution in [2.24, 2.45) is 5.92 Å². The molecule has 4 aromatic rings. The third kappa shape index (κ3) is 8.24. The third-order valence-corrected chi connectivity index (χ3v) is 15.6. The molecule has 318 valence electrons. The molecule has 4 fully saturated rings. The summed E-state index contributed by atoms with van der Waals surface area (Å²) in [6.07, 6.45) is 11.1. The lowest BCUT2D eigenvalue weighted by molar-refractivity contribution is -0.141. The molecule has 4 amide bonds. The summed E-state index contributed by atoms with van der Waals surface area (Å²) in [7, 11) is -3.90. The zero-order chi connectivity index (χ0) is 41.6. The Balaban J connectivity index is 1.05. The summed E-state index contributed by atoms with van der Waals surface area (Å²) in [5, 5.41) is 5.96. The van der Waals surface area contributed by atoms with Gasteiger partial charge in [0.2, 0.25) is 21.8 Å². The molecule has 3 N–H and O–H groups in total. The van der Waals surface area contributed by atoms with Crippen LogP contribution in [-0.2, 0) is 35.6 Å². The smallest absolute Gasteiger partial charge is 0.408 e. The number of ether oxygens (including phenoxy) is 2. The molecule has 60 heavy (non-hydrogen) atoms. The van der Waals surface area contributed by atoms with E-state index in [2.05, 4.69) is 28.3 Å². The number of amides is 4. The van der Waals surface area contributed by atoms with E-state index in [0.717, 1.165) is 55.2 Å². The van der Waals surface area contributed by atoms with Crippen LogP contribution in [0, 0.1) is 5.92 Å². The fourth-order valence-corrected chi connectivity index (χ4v) is 11.2. The van der Waals surface area contributed by atoms with Crippen LogP contribution in [0.15, 0.2) is 59.0 Å². The van der Waals surface area contributed by atoms with E-state index in [-0.39, 0.29) is 25.5 Å². The molecule has 5 atom stereocenters. The molecule has 0 spiro atoms. The van der Waals surface area contributed by atoms with Crippen molar-refractivity contribution in [1.82, 2.24) is 25.2 Å². The number of carbonyl (C=O) groups excluding carboxylic acids is 4. The Hall–Kier alpha value is -4.96. The van der Waals surface area contributed by atoms with E-state index in [9.17, 15) is 27.6 Å². The lowest BCUT2D eigenvalue weighted by Gasteiger charge is -2.30. The van der Waals surface area contributed by atoms with Gasteiger partial charge in [0, 0.05) is 28.7 Å². The van der Waals surface area contributed by atoms with E-state index < -0.39 is 68.7 Å². The predicted octanol–water partition coefficient (Wildman–Crippen LogP) is 6.66. The second-order valence-corrected chi connectivity index (χ2v) is 20.0. The van der Waals surface area contributed by atoms with Crippen LogP contribution >= 0.6 is 11.3 Å². The molecule has 3 saturated carbocycles. The molecule has 0 unspecified atom stereocenters. The van der Waals surface area contributed by atoms with E-state index in [1.54, 1.807) is 11.3 Å². The standard InChI is InChI=1S/C44H51N5O9S2/c1-2-29-18-21-37(59-29)33-23-36(39-38(45-33)31-15-10-11-17-35(31)58-39)56-28-22-34-40(50)47-44(42(52)48-60(54,55)30-19-20-30)24-26(44)12-6-4-3-5-7-16-32(41(51)49(34)25-28)46-43(53)57-27-13-8-9-14-27/h6,10-12,15,17-18,21,23,26-28,30,32,34H,2-5,7-9,13-14,16,19-20,22,24-25H2,1H3,(H,46,53)(H,47,50)(H,48,52)/b12-6-/t26-,28+,32-,34-,44+/m0/s1. The number of hydrogen-bond acceptors (Lipinski definition) is 11. The fourth-order valence-electron chi connectivity index (χ4n) is 8.93. The highest BCUT2D eigenvalue weighted by Crippen LogP contribution is 2.46. The van der Waals surface area contributed by atoms with Crippen LogP contribution in [0.4, 0.5) is 4.79 Å². The number of nitrogens with one attached hydrogen (secondary N) is 3. The van der Waals surface area contributed by atoms with Crippen molar-refractivity contribution in [2.45, 2.75) is 132 Å². The van der Waals surface area contributed by atoms with Gasteiger partial charge in [-0.05, 0) is 94.9 Å². The number of fused-ring (bicyclic) bond motifs is 5. The Bertz CT molecular complexity index is 2450. The average molecular weight is 858 g/mol. The van der Waals surface area contributed by atoms with Crippen molar-refractivity contribution in [1.29, 1.82) is 0 Å². The lowest BCUT2D eigenvalue weighted by Crippen LogP contribution is -2.58. The number of aryl methyl sites for hydroxylation is 1. The molecule has 16 heteroatoms. The number of allylic oxidation sites excluding steroid dienone is 1. The summed E-state index contributed by atoms with van der Waals surface area (Å²) in [5.41, 5.74) is 0.877. The van der Waals surface area contributed by atoms with Crippen molar-refractivity contribution < 1.29 is 41.5 Å². The number of aromatic nitrogens is 1. The number of thiophene rings is 1. The van der Waals surface area contributed by atoms with Crippen LogP contribution in [0.5, 0.6) is 5.75 Å². The van der Waals surface area contributed by atoms with Crippen molar-refractivity contribution in [3.63, 3.8) is 0 Å². The zero-order valence-electron chi connectivity index (χ0n) is 33.7. The minimum atomic E-state index is -3.90. The first kappa shape index (κ1) is 40.4. The van der Waals surface area contributed by atoms with Gasteiger partial charge in [0.25, 0.3) is 5.91 Å². The molecule has 1 aromatic carbocycles. The number of benzene rings is 1. The zero-order valence-corrected chi connectivity index (χ0v) is 35.3. The number of rotatable bonds is 9. The Morgan fingerprint density at radius 2 is 1.82 bits per heavy atom. The second-order valence-electron chi connectivity index (χ2n) is 16.9. The summed E-state index contributed by atoms with van der Waals surface area (Å²) in [4.78, 5) is 65.2. The number of alkyl carbamates (subject to hydrolysis) is 1. The first-order valence-electron chi connectivity index (χ1n) is 21.4. The molecule has 5 heterocycles. The molecular formula is C44H51N5O9S2. The first-order valence-corrected chi connectivity index (χ1v) is 23.8. The van der Waals surface area contributed by atoms with E-state index in [1.165, 1.54) is 9.78 Å². The van der Waals surface area contributed by atoms with Gasteiger partial charge in [-0.25, -0.2) is 18.2 Å². The number of furan rings is 1. The van der Waals surface area contributed by atoms with Gasteiger partial charge < -0.3 is 29.4 Å². The predicted molar refractivity (Wildman–Crippen MR) is 226 cm³/mol. The lowest BCUT2D eigenvalue weighted by atomic mass is 10.0. The van der Waals surface area contributed by atoms with Gasteiger partial charge in [0.1, 0.15) is 40.9 Å². The molecule has 0 bridgehead atoms. The molecule has 2 aliphatic heterocycles. The van der Waals surface area contributed by atoms with Crippen LogP contribution in [0.25, 0.3) is 32.6 Å². The molecule has 14 nitrogen and oxygen atoms in total. The van der Waals surface area contributed by atoms with Gasteiger partial charge >= 0.3 is 6.09 Å². The van der Waals surface area contributed by atoms with Gasteiger partial charge in [0.05, 0.1) is 22.4 Å². The normalized spacial score (nSPS) is 27.1. The van der Waals surface area contributed by atoms with E-state index in [4.69, 9.17) is 18.9 Å². The maximum atomic E-state index is 14.8. The summed E-state index contributed by atoms with van der Waals surface area (Å²) in [6, 6.07) is 11.5. The molecule has 3 aliphatic carbocycles. The SMILES string of the molecule is CCc1ccc(-c2cc(O[C@@H]3C[C@H]4C(=O)N[C@]5(C(=O)NS(=O)(=O)C6CC6)C[C@@H]5/C=C\CCCCC[C@H](NC(=O)OC5CCCC5)C(=O)N4C3)c3oc4ccccc4c3n2)s1. The Labute approximate surface area is 352 Å². The highest BCUT2D eigenvalue weighted by molar-refractivity contribution is 7.91. The molecule has 0 radical (unpaired) electrons. The van der Waals surface area contributed by atoms with Crippen LogP contribution in [0.2, 0.25) is 0 Å². The largest absolute Gasteiger partial charge is 0.484 e. The number of hydrogen-bond donors (Lipinski definition) is 3. The molecule has 9 rings (SSSR count). The number of sulfonamides is 1. The first-order chi connectivity index (χ1) is 29.0. The van der Waals surface area contributed by atoms with E-state index >= 15 is 0 Å². The van der Waals surface area contributed by atoms with Gasteiger partial charge in [0.15, 0.2) is 11.3 Å². The monoisotopic (exact) mass is 857 g/mol. The van der Waals surface area contributed by atoms with E-state index in [1.807, 2.05) is 48.6 Å². The Kier molecular flexibility index (Phi) is 11.1. The quantitative estimate of drug-likeness (QED) is 0.154. The van der Waals surface area contributed by atoms with Crippen LogP contribution in [-0.4, -0.2) is 83.7 Å². The number of para-hydroxylation sites is 1. The van der Waals surface area contributed by atoms with Crippen molar-refractivity contribution in [3.8, 4) is 16.3 Å². The minimum absolute atomic E-state index is 0.0102. The number of pyridine rings is 1. The van der Waals surface area contributed by atoms with Crippen molar-refractivity contribution >= 4 is 67.2 Å². The Morgan fingerprint density at radius 1 is 1.02 bits per heavy atom. The Morgan fingerprint density at radius 3 is 2.60 bits per heavy atom. The summed E-state index contributed by atoms with van der Waals surface area (Å²) < 4.78 is 47.0. The third-order valence-electron chi connectivity index (χ3n) is 12.6. The van der Waals surface area contributed by atoms with Gasteiger partial charge in [-0.1, -0.05) is 44.1 Å². The van der Waals surface area contributed by atoms with Gasteiger partial charge in [-0.15, -0.1) is 11.3 Å².